The first-order valence-corrected chi connectivity index (χ1v) is 9.03. The van der Waals surface area contributed by atoms with Crippen molar-refractivity contribution >= 4 is 50.1 Å². The molecule has 0 saturated carbocycles. The summed E-state index contributed by atoms with van der Waals surface area (Å²) in [7, 11) is 1.96. The number of para-hydroxylation sites is 2. The lowest BCUT2D eigenvalue weighted by atomic mass is 10.1. The number of thioether (sulfide) groups is 1. The second-order valence-electron chi connectivity index (χ2n) is 5.73. The molecular formula is C19H21N4S+. The minimum atomic E-state index is 0.970. The molecule has 0 bridgehead atoms. The maximum absolute atomic E-state index is 4.77. The molecule has 0 radical (unpaired) electrons. The van der Waals surface area contributed by atoms with Crippen LogP contribution >= 0.6 is 11.8 Å². The topological polar surface area (TPSA) is 40.3 Å². The van der Waals surface area contributed by atoms with Gasteiger partial charge in [0.05, 0.1) is 16.7 Å². The monoisotopic (exact) mass is 337 g/mol. The van der Waals surface area contributed by atoms with E-state index in [9.17, 15) is 0 Å². The van der Waals surface area contributed by atoms with Crippen molar-refractivity contribution in [1.29, 1.82) is 0 Å². The van der Waals surface area contributed by atoms with Crippen LogP contribution in [0, 0.1) is 0 Å². The Balaban J connectivity index is 2.25. The SMILES string of the molecule is CS/C(Nc1c2ccccc2nc2ccccc12)=[N+](/C)N=C(C)C. The minimum Gasteiger partial charge on any atom is -0.247 e. The highest BCUT2D eigenvalue weighted by Crippen LogP contribution is 2.31. The predicted octanol–water partition coefficient (Wildman–Crippen LogP) is 4.56. The maximum atomic E-state index is 4.77. The Morgan fingerprint density at radius 3 is 2.04 bits per heavy atom. The van der Waals surface area contributed by atoms with E-state index in [1.165, 1.54) is 0 Å². The van der Waals surface area contributed by atoms with Gasteiger partial charge in [-0.05, 0) is 56.1 Å². The highest BCUT2D eigenvalue weighted by Gasteiger charge is 2.17. The molecule has 24 heavy (non-hydrogen) atoms. The quantitative estimate of drug-likeness (QED) is 0.245. The van der Waals surface area contributed by atoms with E-state index in [0.29, 0.717) is 0 Å². The number of benzene rings is 2. The molecule has 1 aromatic heterocycles. The van der Waals surface area contributed by atoms with Gasteiger partial charge >= 0.3 is 5.17 Å². The molecule has 5 heteroatoms. The highest BCUT2D eigenvalue weighted by atomic mass is 32.2. The van der Waals surface area contributed by atoms with Crippen LogP contribution in [-0.2, 0) is 0 Å². The molecule has 0 aliphatic heterocycles. The Bertz CT molecular complexity index is 902. The third-order valence-electron chi connectivity index (χ3n) is 3.66. The summed E-state index contributed by atoms with van der Waals surface area (Å²) >= 11 is 1.64. The van der Waals surface area contributed by atoms with E-state index >= 15 is 0 Å². The van der Waals surface area contributed by atoms with Crippen LogP contribution in [0.25, 0.3) is 21.8 Å². The van der Waals surface area contributed by atoms with Crippen molar-refractivity contribution in [3.05, 3.63) is 48.5 Å². The van der Waals surface area contributed by atoms with E-state index in [1.807, 2.05) is 68.2 Å². The second kappa shape index (κ2) is 7.01. The molecule has 0 spiro atoms. The average molecular weight is 337 g/mol. The van der Waals surface area contributed by atoms with Gasteiger partial charge in [0.1, 0.15) is 12.7 Å². The molecular weight excluding hydrogens is 316 g/mol. The van der Waals surface area contributed by atoms with Crippen LogP contribution in [0.2, 0.25) is 0 Å². The van der Waals surface area contributed by atoms with Crippen molar-refractivity contribution in [1.82, 2.24) is 4.98 Å². The zero-order chi connectivity index (χ0) is 17.1. The molecule has 0 fully saturated rings. The maximum Gasteiger partial charge on any atom is 0.336 e. The van der Waals surface area contributed by atoms with Crippen LogP contribution < -0.4 is 5.32 Å². The molecule has 2 aromatic carbocycles. The largest absolute Gasteiger partial charge is 0.336 e. The molecule has 122 valence electrons. The smallest absolute Gasteiger partial charge is 0.247 e. The van der Waals surface area contributed by atoms with Crippen LogP contribution in [0.1, 0.15) is 13.8 Å². The van der Waals surface area contributed by atoms with Crippen LogP contribution in [0.15, 0.2) is 53.6 Å². The first-order chi connectivity index (χ1) is 11.6. The molecule has 0 atom stereocenters. The molecule has 0 aliphatic carbocycles. The van der Waals surface area contributed by atoms with Gasteiger partial charge in [0.2, 0.25) is 0 Å². The summed E-state index contributed by atoms with van der Waals surface area (Å²) in [4.78, 5) is 4.77. The van der Waals surface area contributed by atoms with E-state index in [4.69, 9.17) is 4.98 Å². The summed E-state index contributed by atoms with van der Waals surface area (Å²) in [6.45, 7) is 3.98. The zero-order valence-electron chi connectivity index (χ0n) is 14.4. The van der Waals surface area contributed by atoms with Gasteiger partial charge in [-0.2, -0.15) is 0 Å². The Morgan fingerprint density at radius 1 is 1.00 bits per heavy atom. The molecule has 1 heterocycles. The summed E-state index contributed by atoms with van der Waals surface area (Å²) in [5, 5.41) is 11.3. The van der Waals surface area contributed by atoms with Gasteiger partial charge in [0, 0.05) is 10.8 Å². The summed E-state index contributed by atoms with van der Waals surface area (Å²) < 4.78 is 1.88. The van der Waals surface area contributed by atoms with Gasteiger partial charge in [-0.3, -0.25) is 0 Å². The number of amidine groups is 1. The molecule has 4 nitrogen and oxygen atoms in total. The summed E-state index contributed by atoms with van der Waals surface area (Å²) in [6, 6.07) is 16.4. The zero-order valence-corrected chi connectivity index (χ0v) is 15.2. The summed E-state index contributed by atoms with van der Waals surface area (Å²) in [6.07, 6.45) is 2.05. The van der Waals surface area contributed by atoms with Crippen LogP contribution in [0.5, 0.6) is 0 Å². The van der Waals surface area contributed by atoms with Crippen molar-refractivity contribution in [3.8, 4) is 0 Å². The van der Waals surface area contributed by atoms with E-state index in [-0.39, 0.29) is 0 Å². The average Bonchev–Trinajstić information content (AvgIpc) is 2.57. The molecule has 0 aliphatic rings. The summed E-state index contributed by atoms with van der Waals surface area (Å²) in [5.41, 5.74) is 4.04. The number of rotatable bonds is 2. The molecule has 1 N–H and O–H groups in total. The van der Waals surface area contributed by atoms with Gasteiger partial charge in [0.25, 0.3) is 0 Å². The Morgan fingerprint density at radius 2 is 1.54 bits per heavy atom. The number of hydrogen-bond acceptors (Lipinski definition) is 3. The van der Waals surface area contributed by atoms with Gasteiger partial charge in [-0.1, -0.05) is 29.4 Å². The normalized spacial score (nSPS) is 12.2. The number of pyridine rings is 1. The Hall–Kier alpha value is -2.40. The lowest BCUT2D eigenvalue weighted by Gasteiger charge is -2.09. The highest BCUT2D eigenvalue weighted by molar-refractivity contribution is 8.13. The van der Waals surface area contributed by atoms with Crippen molar-refractivity contribution in [2.24, 2.45) is 5.10 Å². The van der Waals surface area contributed by atoms with E-state index in [0.717, 1.165) is 38.4 Å². The number of hydrogen-bond donors (Lipinski definition) is 1. The molecule has 0 amide bonds. The number of nitrogens with one attached hydrogen (secondary N) is 1. The number of nitrogens with zero attached hydrogens (tertiary/aromatic N) is 3. The lowest BCUT2D eigenvalue weighted by Crippen LogP contribution is -2.19. The number of fused-ring (bicyclic) bond motifs is 2. The van der Waals surface area contributed by atoms with E-state index < -0.39 is 0 Å². The summed E-state index contributed by atoms with van der Waals surface area (Å²) in [5.74, 6) is 0. The molecule has 3 rings (SSSR count). The van der Waals surface area contributed by atoms with Gasteiger partial charge in [-0.15, -0.1) is 4.68 Å². The lowest BCUT2D eigenvalue weighted by molar-refractivity contribution is -0.499. The minimum absolute atomic E-state index is 0.970. The number of aromatic nitrogens is 1. The standard InChI is InChI=1S/C19H20N4S/c1-13(2)22-23(3)19(24-4)21-18-14-9-5-7-11-16(14)20-17-12-8-6-10-15(17)18/h5-12H,1-4H3/p+1. The second-order valence-corrected chi connectivity index (χ2v) is 6.52. The van der Waals surface area contributed by atoms with Crippen molar-refractivity contribution in [2.75, 3.05) is 18.6 Å². The fraction of sp³-hybridized carbons (Fsp3) is 0.211. The van der Waals surface area contributed by atoms with Gasteiger partial charge in [0.15, 0.2) is 0 Å². The van der Waals surface area contributed by atoms with E-state index in [2.05, 4.69) is 22.6 Å². The Kier molecular flexibility index (Phi) is 4.81. The van der Waals surface area contributed by atoms with Gasteiger partial charge < -0.3 is 0 Å². The number of anilines is 1. The third-order valence-corrected chi connectivity index (χ3v) is 4.41. The van der Waals surface area contributed by atoms with Crippen LogP contribution in [0.4, 0.5) is 5.69 Å². The van der Waals surface area contributed by atoms with E-state index in [1.54, 1.807) is 11.8 Å². The van der Waals surface area contributed by atoms with Gasteiger partial charge in [-0.25, -0.2) is 10.3 Å². The molecule has 3 aromatic rings. The first-order valence-electron chi connectivity index (χ1n) is 7.81. The van der Waals surface area contributed by atoms with Crippen LogP contribution in [-0.4, -0.2) is 33.9 Å². The first kappa shape index (κ1) is 16.5. The third kappa shape index (κ3) is 3.26. The fourth-order valence-electron chi connectivity index (χ4n) is 2.69. The number of hydrazone groups is 1. The predicted molar refractivity (Wildman–Crippen MR) is 106 cm³/mol. The Labute approximate surface area is 146 Å². The molecule has 0 saturated heterocycles. The van der Waals surface area contributed by atoms with Crippen molar-refractivity contribution < 1.29 is 4.68 Å². The fourth-order valence-corrected chi connectivity index (χ4v) is 3.20. The molecule has 0 unspecified atom stereocenters. The van der Waals surface area contributed by atoms with Crippen molar-refractivity contribution in [3.63, 3.8) is 0 Å². The van der Waals surface area contributed by atoms with Crippen molar-refractivity contribution in [2.45, 2.75) is 13.8 Å². The van der Waals surface area contributed by atoms with Crippen LogP contribution in [0.3, 0.4) is 0 Å².